The van der Waals surface area contributed by atoms with Crippen molar-refractivity contribution >= 4 is 28.1 Å². The molecular formula is C20H21N5OS2. The van der Waals surface area contributed by atoms with Crippen molar-refractivity contribution in [3.63, 3.8) is 0 Å². The van der Waals surface area contributed by atoms with Gasteiger partial charge in [-0.05, 0) is 11.0 Å². The highest BCUT2D eigenvalue weighted by Gasteiger charge is 2.16. The third kappa shape index (κ3) is 3.62. The second kappa shape index (κ2) is 7.18. The van der Waals surface area contributed by atoms with Crippen molar-refractivity contribution in [1.29, 1.82) is 0 Å². The molecule has 144 valence electrons. The van der Waals surface area contributed by atoms with Crippen molar-refractivity contribution in [2.24, 2.45) is 7.05 Å². The van der Waals surface area contributed by atoms with Gasteiger partial charge in [-0.25, -0.2) is 4.98 Å². The third-order valence-electron chi connectivity index (χ3n) is 4.55. The monoisotopic (exact) mass is 411 g/mol. The molecule has 0 spiro atoms. The molecule has 1 aromatic carbocycles. The molecule has 4 aromatic rings. The van der Waals surface area contributed by atoms with Crippen LogP contribution in [0.3, 0.4) is 0 Å². The van der Waals surface area contributed by atoms with Gasteiger partial charge >= 0.3 is 0 Å². The molecule has 0 radical (unpaired) electrons. The first-order chi connectivity index (χ1) is 13.3. The fourth-order valence-electron chi connectivity index (χ4n) is 2.91. The van der Waals surface area contributed by atoms with Gasteiger partial charge in [-0.3, -0.25) is 9.20 Å². The van der Waals surface area contributed by atoms with E-state index in [2.05, 4.69) is 60.2 Å². The Labute approximate surface area is 171 Å². The van der Waals surface area contributed by atoms with E-state index in [-0.39, 0.29) is 11.0 Å². The summed E-state index contributed by atoms with van der Waals surface area (Å²) in [5, 5.41) is 11.3. The number of nitrogens with zero attached hydrogens (tertiary/aromatic N) is 5. The molecule has 0 aliphatic carbocycles. The summed E-state index contributed by atoms with van der Waals surface area (Å²) in [7, 11) is 1.96. The van der Waals surface area contributed by atoms with Gasteiger partial charge < -0.3 is 4.57 Å². The zero-order chi connectivity index (χ0) is 19.9. The van der Waals surface area contributed by atoms with Crippen LogP contribution in [0.25, 0.3) is 16.3 Å². The average Bonchev–Trinajstić information content (AvgIpc) is 3.26. The SMILES string of the molecule is Cn1c(SCc2cc(=O)n3ccsc3n2)nnc1-c1ccc(C(C)(C)C)cc1. The van der Waals surface area contributed by atoms with Gasteiger partial charge in [0.15, 0.2) is 15.9 Å². The standard InChI is InChI=1S/C20H21N5OS2/c1-20(2,3)14-7-5-13(6-8-14)17-22-23-19(24(17)4)28-12-15-11-16(26)25-9-10-27-18(25)21-15/h5-11H,12H2,1-4H3. The molecule has 3 aromatic heterocycles. The van der Waals surface area contributed by atoms with Gasteiger partial charge in [0, 0.05) is 36.0 Å². The minimum atomic E-state index is -0.0561. The Balaban J connectivity index is 1.54. The van der Waals surface area contributed by atoms with Gasteiger partial charge in [0.1, 0.15) is 0 Å². The van der Waals surface area contributed by atoms with E-state index in [9.17, 15) is 4.79 Å². The molecule has 6 nitrogen and oxygen atoms in total. The maximum Gasteiger partial charge on any atom is 0.258 e. The third-order valence-corrected chi connectivity index (χ3v) is 6.36. The van der Waals surface area contributed by atoms with Crippen LogP contribution in [0.5, 0.6) is 0 Å². The van der Waals surface area contributed by atoms with Crippen LogP contribution in [0.1, 0.15) is 32.0 Å². The highest BCUT2D eigenvalue weighted by atomic mass is 32.2. The number of fused-ring (bicyclic) bond motifs is 1. The first-order valence-electron chi connectivity index (χ1n) is 8.92. The predicted octanol–water partition coefficient (Wildman–Crippen LogP) is 4.14. The molecule has 0 aliphatic rings. The highest BCUT2D eigenvalue weighted by Crippen LogP contribution is 2.27. The van der Waals surface area contributed by atoms with E-state index in [1.54, 1.807) is 16.7 Å². The van der Waals surface area contributed by atoms with Crippen molar-refractivity contribution in [2.45, 2.75) is 37.1 Å². The van der Waals surface area contributed by atoms with Crippen LogP contribution in [0, 0.1) is 0 Å². The predicted molar refractivity (Wildman–Crippen MR) is 114 cm³/mol. The molecule has 0 saturated heterocycles. The van der Waals surface area contributed by atoms with E-state index in [4.69, 9.17) is 0 Å². The molecule has 0 amide bonds. The molecule has 28 heavy (non-hydrogen) atoms. The zero-order valence-corrected chi connectivity index (χ0v) is 17.8. The Kier molecular flexibility index (Phi) is 4.84. The van der Waals surface area contributed by atoms with Crippen molar-refractivity contribution in [1.82, 2.24) is 24.1 Å². The van der Waals surface area contributed by atoms with Crippen LogP contribution in [0.15, 0.2) is 51.9 Å². The van der Waals surface area contributed by atoms with Crippen LogP contribution in [0.4, 0.5) is 0 Å². The fraction of sp³-hybridized carbons (Fsp3) is 0.300. The summed E-state index contributed by atoms with van der Waals surface area (Å²) in [6.07, 6.45) is 1.74. The number of thioether (sulfide) groups is 1. The van der Waals surface area contributed by atoms with Crippen molar-refractivity contribution in [2.75, 3.05) is 0 Å². The second-order valence-corrected chi connectivity index (χ2v) is 9.44. The summed E-state index contributed by atoms with van der Waals surface area (Å²) in [5.74, 6) is 1.39. The lowest BCUT2D eigenvalue weighted by molar-refractivity contribution is 0.590. The second-order valence-electron chi connectivity index (χ2n) is 7.62. The number of aromatic nitrogens is 5. The summed E-state index contributed by atoms with van der Waals surface area (Å²) in [6, 6.07) is 10.0. The molecule has 0 aliphatic heterocycles. The summed E-state index contributed by atoms with van der Waals surface area (Å²) < 4.78 is 3.54. The minimum absolute atomic E-state index is 0.0561. The lowest BCUT2D eigenvalue weighted by Crippen LogP contribution is -2.12. The molecule has 4 rings (SSSR count). The lowest BCUT2D eigenvalue weighted by atomic mass is 9.87. The molecule has 0 N–H and O–H groups in total. The number of rotatable bonds is 4. The smallest absolute Gasteiger partial charge is 0.258 e. The minimum Gasteiger partial charge on any atom is -0.305 e. The largest absolute Gasteiger partial charge is 0.305 e. The Hall–Kier alpha value is -2.45. The average molecular weight is 412 g/mol. The van der Waals surface area contributed by atoms with Crippen molar-refractivity contribution in [3.8, 4) is 11.4 Å². The van der Waals surface area contributed by atoms with Crippen molar-refractivity contribution < 1.29 is 0 Å². The Morgan fingerprint density at radius 3 is 2.61 bits per heavy atom. The quantitative estimate of drug-likeness (QED) is 0.472. The lowest BCUT2D eigenvalue weighted by Gasteiger charge is -2.19. The molecule has 0 saturated carbocycles. The molecule has 0 unspecified atom stereocenters. The topological polar surface area (TPSA) is 65.1 Å². The number of thiazole rings is 1. The Morgan fingerprint density at radius 1 is 1.14 bits per heavy atom. The number of hydrogen-bond acceptors (Lipinski definition) is 6. The summed E-state index contributed by atoms with van der Waals surface area (Å²) in [5.41, 5.74) is 3.13. The number of hydrogen-bond donors (Lipinski definition) is 0. The summed E-state index contributed by atoms with van der Waals surface area (Å²) >= 11 is 2.98. The first kappa shape index (κ1) is 18.9. The van der Waals surface area contributed by atoms with E-state index >= 15 is 0 Å². The molecule has 8 heteroatoms. The van der Waals surface area contributed by atoms with Crippen molar-refractivity contribution in [3.05, 3.63) is 63.5 Å². The molecule has 0 bridgehead atoms. The van der Waals surface area contributed by atoms with Crippen LogP contribution < -0.4 is 5.56 Å². The maximum atomic E-state index is 12.1. The Morgan fingerprint density at radius 2 is 1.89 bits per heavy atom. The summed E-state index contributed by atoms with van der Waals surface area (Å²) in [4.78, 5) is 17.4. The normalized spacial score (nSPS) is 12.0. The Bertz CT molecular complexity index is 1180. The number of benzene rings is 1. The van der Waals surface area contributed by atoms with Gasteiger partial charge in [-0.2, -0.15) is 0 Å². The molecule has 0 atom stereocenters. The maximum absolute atomic E-state index is 12.1. The van der Waals surface area contributed by atoms with E-state index in [1.165, 1.54) is 28.7 Å². The van der Waals surface area contributed by atoms with E-state index in [0.29, 0.717) is 10.7 Å². The van der Waals surface area contributed by atoms with Gasteiger partial charge in [0.25, 0.3) is 5.56 Å². The van der Waals surface area contributed by atoms with Gasteiger partial charge in [0.05, 0.1) is 5.69 Å². The zero-order valence-electron chi connectivity index (χ0n) is 16.2. The van der Waals surface area contributed by atoms with E-state index in [0.717, 1.165) is 22.2 Å². The summed E-state index contributed by atoms with van der Waals surface area (Å²) in [6.45, 7) is 6.60. The highest BCUT2D eigenvalue weighted by molar-refractivity contribution is 7.98. The van der Waals surface area contributed by atoms with Crippen LogP contribution in [-0.2, 0) is 18.2 Å². The van der Waals surface area contributed by atoms with Crippen LogP contribution in [-0.4, -0.2) is 24.1 Å². The van der Waals surface area contributed by atoms with E-state index in [1.807, 2.05) is 17.0 Å². The van der Waals surface area contributed by atoms with Crippen LogP contribution in [0.2, 0.25) is 0 Å². The van der Waals surface area contributed by atoms with Gasteiger partial charge in [-0.15, -0.1) is 21.5 Å². The first-order valence-corrected chi connectivity index (χ1v) is 10.8. The molecule has 0 fully saturated rings. The molecule has 3 heterocycles. The van der Waals surface area contributed by atoms with Crippen LogP contribution >= 0.6 is 23.1 Å². The fourth-order valence-corrected chi connectivity index (χ4v) is 4.45. The van der Waals surface area contributed by atoms with E-state index < -0.39 is 0 Å². The molecular weight excluding hydrogens is 390 g/mol. The van der Waals surface area contributed by atoms with Gasteiger partial charge in [0.2, 0.25) is 0 Å². The van der Waals surface area contributed by atoms with Gasteiger partial charge in [-0.1, -0.05) is 56.8 Å².